The number of aromatic nitrogens is 2. The molecule has 0 atom stereocenters. The van der Waals surface area contributed by atoms with Crippen LogP contribution in [0.25, 0.3) is 0 Å². The normalized spacial score (nSPS) is 14.3. The van der Waals surface area contributed by atoms with Crippen molar-refractivity contribution < 1.29 is 4.79 Å². The van der Waals surface area contributed by atoms with Gasteiger partial charge in [-0.1, -0.05) is 0 Å². The van der Waals surface area contributed by atoms with Gasteiger partial charge in [-0.05, 0) is 18.8 Å². The number of anilines is 2. The number of rotatable bonds is 6. The molecule has 0 aliphatic heterocycles. The Labute approximate surface area is 127 Å². The molecule has 2 aromatic heterocycles. The van der Waals surface area contributed by atoms with Crippen LogP contribution in [0.15, 0.2) is 12.4 Å². The van der Waals surface area contributed by atoms with Crippen LogP contribution in [-0.4, -0.2) is 22.0 Å². The van der Waals surface area contributed by atoms with Gasteiger partial charge in [0, 0.05) is 38.0 Å². The molecule has 1 aliphatic carbocycles. The van der Waals surface area contributed by atoms with Crippen LogP contribution in [0.5, 0.6) is 0 Å². The lowest BCUT2D eigenvalue weighted by molar-refractivity contribution is 0.100. The number of hydrogen-bond donors (Lipinski definition) is 3. The minimum absolute atomic E-state index is 0.448. The minimum atomic E-state index is -0.448. The number of nitrogens with one attached hydrogen (secondary N) is 1. The first-order valence-corrected chi connectivity index (χ1v) is 7.81. The van der Waals surface area contributed by atoms with Crippen molar-refractivity contribution in [1.29, 1.82) is 0 Å². The molecule has 2 heterocycles. The summed E-state index contributed by atoms with van der Waals surface area (Å²) in [5.41, 5.74) is 13.1. The fourth-order valence-electron chi connectivity index (χ4n) is 2.47. The van der Waals surface area contributed by atoms with Crippen LogP contribution in [0.4, 0.5) is 10.7 Å². The molecule has 0 spiro atoms. The van der Waals surface area contributed by atoms with Crippen molar-refractivity contribution in [2.24, 2.45) is 12.8 Å². The number of nitrogens with two attached hydrogens (primary N) is 2. The molecular weight excluding hydrogens is 286 g/mol. The number of thiophene rings is 1. The van der Waals surface area contributed by atoms with Crippen LogP contribution in [0, 0.1) is 0 Å². The molecule has 3 rings (SSSR count). The van der Waals surface area contributed by atoms with Crippen LogP contribution in [0.1, 0.15) is 39.8 Å². The highest BCUT2D eigenvalue weighted by molar-refractivity contribution is 7.18. The van der Waals surface area contributed by atoms with Gasteiger partial charge in [0.05, 0.1) is 10.7 Å². The Morgan fingerprint density at radius 2 is 2.33 bits per heavy atom. The van der Waals surface area contributed by atoms with Crippen LogP contribution >= 0.6 is 11.3 Å². The molecule has 1 aliphatic rings. The number of imidazole rings is 1. The van der Waals surface area contributed by atoms with Crippen molar-refractivity contribution in [3.05, 3.63) is 28.7 Å². The van der Waals surface area contributed by atoms with Crippen molar-refractivity contribution >= 4 is 27.9 Å². The number of hydrogen-bond acceptors (Lipinski definition) is 5. The lowest BCUT2D eigenvalue weighted by atomic mass is 10.1. The maximum absolute atomic E-state index is 11.4. The lowest BCUT2D eigenvalue weighted by Gasteiger charge is -2.07. The molecule has 0 saturated heterocycles. The largest absolute Gasteiger partial charge is 0.397 e. The summed E-state index contributed by atoms with van der Waals surface area (Å²) in [5, 5.41) is 4.38. The summed E-state index contributed by atoms with van der Waals surface area (Å²) >= 11 is 1.37. The lowest BCUT2D eigenvalue weighted by Crippen LogP contribution is -2.11. The van der Waals surface area contributed by atoms with Crippen molar-refractivity contribution in [2.45, 2.75) is 25.2 Å². The van der Waals surface area contributed by atoms with Crippen molar-refractivity contribution in [3.63, 3.8) is 0 Å². The zero-order valence-corrected chi connectivity index (χ0v) is 12.7. The van der Waals surface area contributed by atoms with Gasteiger partial charge in [0.1, 0.15) is 10.7 Å². The van der Waals surface area contributed by atoms with E-state index in [1.165, 1.54) is 11.3 Å². The SMILES string of the molecule is Cn1ccnc1CCNc1sc(C(N)=O)c(N)c1C1CC1. The van der Waals surface area contributed by atoms with Gasteiger partial charge in [-0.3, -0.25) is 4.79 Å². The number of nitrogen functional groups attached to an aromatic ring is 1. The molecule has 7 heteroatoms. The molecule has 0 unspecified atom stereocenters. The van der Waals surface area contributed by atoms with E-state index in [0.717, 1.165) is 42.2 Å². The van der Waals surface area contributed by atoms with Crippen molar-refractivity contribution in [3.8, 4) is 0 Å². The summed E-state index contributed by atoms with van der Waals surface area (Å²) in [7, 11) is 1.98. The van der Waals surface area contributed by atoms with E-state index in [-0.39, 0.29) is 0 Å². The first-order chi connectivity index (χ1) is 10.1. The van der Waals surface area contributed by atoms with Gasteiger partial charge < -0.3 is 21.4 Å². The monoisotopic (exact) mass is 305 g/mol. The first-order valence-electron chi connectivity index (χ1n) is 7.00. The Morgan fingerprint density at radius 3 is 2.90 bits per heavy atom. The predicted molar refractivity (Wildman–Crippen MR) is 84.6 cm³/mol. The fraction of sp³-hybridized carbons (Fsp3) is 0.429. The summed E-state index contributed by atoms with van der Waals surface area (Å²) in [6, 6.07) is 0. The second-order valence-corrected chi connectivity index (χ2v) is 6.38. The van der Waals surface area contributed by atoms with Crippen molar-refractivity contribution in [2.75, 3.05) is 17.6 Å². The molecule has 0 bridgehead atoms. The molecule has 1 amide bonds. The molecule has 0 radical (unpaired) electrons. The van der Waals surface area contributed by atoms with Gasteiger partial charge in [0.2, 0.25) is 0 Å². The van der Waals surface area contributed by atoms with Crippen LogP contribution in [-0.2, 0) is 13.5 Å². The molecule has 5 N–H and O–H groups in total. The van der Waals surface area contributed by atoms with E-state index in [4.69, 9.17) is 11.5 Å². The molecule has 1 saturated carbocycles. The van der Waals surface area contributed by atoms with Crippen LogP contribution in [0.2, 0.25) is 0 Å². The number of carbonyl (C=O) groups excluding carboxylic acids is 1. The summed E-state index contributed by atoms with van der Waals surface area (Å²) in [4.78, 5) is 16.2. The highest BCUT2D eigenvalue weighted by Gasteiger charge is 2.32. The van der Waals surface area contributed by atoms with Gasteiger partial charge in [-0.15, -0.1) is 11.3 Å². The first kappa shape index (κ1) is 13.9. The Kier molecular flexibility index (Phi) is 3.59. The molecule has 2 aromatic rings. The quantitative estimate of drug-likeness (QED) is 0.756. The van der Waals surface area contributed by atoms with E-state index in [0.29, 0.717) is 16.5 Å². The minimum Gasteiger partial charge on any atom is -0.397 e. The standard InChI is InChI=1S/C14H19N5OS/c1-19-7-6-17-9(19)4-5-18-14-10(8-2-3-8)11(15)12(21-14)13(16)20/h6-8,18H,2-5,15H2,1H3,(H2,16,20). The van der Waals surface area contributed by atoms with E-state index in [1.54, 1.807) is 6.20 Å². The summed E-state index contributed by atoms with van der Waals surface area (Å²) in [6.45, 7) is 0.753. The number of carbonyl (C=O) groups is 1. The second-order valence-electron chi connectivity index (χ2n) is 5.36. The number of aryl methyl sites for hydroxylation is 1. The molecule has 112 valence electrons. The maximum atomic E-state index is 11.4. The Bertz CT molecular complexity index is 671. The van der Waals surface area contributed by atoms with E-state index in [9.17, 15) is 4.79 Å². The third kappa shape index (κ3) is 2.73. The highest BCUT2D eigenvalue weighted by Crippen LogP contribution is 2.50. The van der Waals surface area contributed by atoms with E-state index in [1.807, 2.05) is 17.8 Å². The molecule has 1 fully saturated rings. The Balaban J connectivity index is 1.74. The molecule has 21 heavy (non-hydrogen) atoms. The summed E-state index contributed by atoms with van der Waals surface area (Å²) < 4.78 is 2.00. The van der Waals surface area contributed by atoms with Gasteiger partial charge in [-0.25, -0.2) is 4.98 Å². The number of nitrogens with zero attached hydrogens (tertiary/aromatic N) is 2. The van der Waals surface area contributed by atoms with E-state index in [2.05, 4.69) is 10.3 Å². The average Bonchev–Trinajstić information content (AvgIpc) is 3.10. The second kappa shape index (κ2) is 5.40. The maximum Gasteiger partial charge on any atom is 0.260 e. The van der Waals surface area contributed by atoms with Gasteiger partial charge in [0.25, 0.3) is 5.91 Å². The fourth-order valence-corrected chi connectivity index (χ4v) is 3.56. The third-order valence-electron chi connectivity index (χ3n) is 3.75. The van der Waals surface area contributed by atoms with Crippen LogP contribution < -0.4 is 16.8 Å². The Morgan fingerprint density at radius 1 is 1.57 bits per heavy atom. The highest BCUT2D eigenvalue weighted by atomic mass is 32.1. The van der Waals surface area contributed by atoms with Crippen LogP contribution in [0.3, 0.4) is 0 Å². The predicted octanol–water partition coefficient (Wildman–Crippen LogP) is 1.69. The van der Waals surface area contributed by atoms with Crippen molar-refractivity contribution in [1.82, 2.24) is 9.55 Å². The molecule has 0 aromatic carbocycles. The summed E-state index contributed by atoms with van der Waals surface area (Å²) in [6.07, 6.45) is 6.80. The van der Waals surface area contributed by atoms with Gasteiger partial charge >= 0.3 is 0 Å². The van der Waals surface area contributed by atoms with E-state index < -0.39 is 5.91 Å². The topological polar surface area (TPSA) is 99.0 Å². The molecule has 6 nitrogen and oxygen atoms in total. The van der Waals surface area contributed by atoms with E-state index >= 15 is 0 Å². The average molecular weight is 305 g/mol. The smallest absolute Gasteiger partial charge is 0.260 e. The number of amides is 1. The number of primary amides is 1. The Hall–Kier alpha value is -2.02. The van der Waals surface area contributed by atoms with Gasteiger partial charge in [-0.2, -0.15) is 0 Å². The zero-order chi connectivity index (χ0) is 15.0. The third-order valence-corrected chi connectivity index (χ3v) is 4.94. The zero-order valence-electron chi connectivity index (χ0n) is 11.9. The summed E-state index contributed by atoms with van der Waals surface area (Å²) in [5.74, 6) is 1.05. The molecular formula is C14H19N5OS. The van der Waals surface area contributed by atoms with Gasteiger partial charge in [0.15, 0.2) is 0 Å².